The highest BCUT2D eigenvalue weighted by Crippen LogP contribution is 2.35. The Morgan fingerprint density at radius 3 is 2.94 bits per heavy atom. The smallest absolute Gasteiger partial charge is 0.295 e. The highest BCUT2D eigenvalue weighted by atomic mass is 16.5. The van der Waals surface area contributed by atoms with Crippen molar-refractivity contribution >= 4 is 22.8 Å². The topological polar surface area (TPSA) is 73.3 Å². The maximum absolute atomic E-state index is 5.84. The zero-order valence-corrected chi connectivity index (χ0v) is 10.4. The molecule has 0 radical (unpaired) electrons. The van der Waals surface area contributed by atoms with Crippen molar-refractivity contribution in [3.8, 4) is 0 Å². The van der Waals surface area contributed by atoms with Gasteiger partial charge in [0.05, 0.1) is 11.3 Å². The summed E-state index contributed by atoms with van der Waals surface area (Å²) in [6.45, 7) is 0.718. The van der Waals surface area contributed by atoms with Crippen LogP contribution in [-0.4, -0.2) is 24.2 Å². The number of hydrogen-bond donors (Lipinski definition) is 2. The average Bonchev–Trinajstić information content (AvgIpc) is 2.73. The predicted octanol–water partition coefficient (Wildman–Crippen LogP) is 2.39. The fourth-order valence-corrected chi connectivity index (χ4v) is 2.31. The summed E-state index contributed by atoms with van der Waals surface area (Å²) >= 11 is 0. The lowest BCUT2D eigenvalue weighted by atomic mass is 9.80. The summed E-state index contributed by atoms with van der Waals surface area (Å²) in [5.74, 6) is 0. The molecule has 0 aliphatic heterocycles. The molecule has 1 saturated carbocycles. The minimum atomic E-state index is -0.0494. The van der Waals surface area contributed by atoms with E-state index in [9.17, 15) is 0 Å². The molecule has 0 saturated heterocycles. The van der Waals surface area contributed by atoms with E-state index in [-0.39, 0.29) is 5.60 Å². The van der Waals surface area contributed by atoms with Crippen molar-refractivity contribution in [1.29, 1.82) is 0 Å². The van der Waals surface area contributed by atoms with E-state index in [0.29, 0.717) is 22.8 Å². The summed E-state index contributed by atoms with van der Waals surface area (Å²) in [6, 6.07) is 6.04. The predicted molar refractivity (Wildman–Crippen MR) is 70.5 cm³/mol. The molecular formula is C13H17N3O2. The van der Waals surface area contributed by atoms with Gasteiger partial charge in [0.15, 0.2) is 5.58 Å². The molecule has 1 aromatic heterocycles. The molecule has 1 aromatic carbocycles. The van der Waals surface area contributed by atoms with Gasteiger partial charge in [-0.25, -0.2) is 0 Å². The van der Waals surface area contributed by atoms with Crippen LogP contribution in [0.5, 0.6) is 0 Å². The van der Waals surface area contributed by atoms with Gasteiger partial charge in [-0.15, -0.1) is 0 Å². The van der Waals surface area contributed by atoms with Crippen LogP contribution in [-0.2, 0) is 4.74 Å². The second-order valence-corrected chi connectivity index (χ2v) is 4.81. The van der Waals surface area contributed by atoms with Crippen LogP contribution in [0.3, 0.4) is 0 Å². The molecule has 1 heterocycles. The van der Waals surface area contributed by atoms with Crippen molar-refractivity contribution in [2.75, 3.05) is 24.7 Å². The standard InChI is InChI=1S/C13H17N3O2/c1-17-13(6-3-7-13)8-15-12-16-11-9(14)4-2-5-10(11)18-12/h2,4-5H,3,6-8,14H2,1H3,(H,15,16). The van der Waals surface area contributed by atoms with Crippen LogP contribution < -0.4 is 11.1 Å². The van der Waals surface area contributed by atoms with E-state index in [1.807, 2.05) is 18.2 Å². The first-order chi connectivity index (χ1) is 8.72. The zero-order valence-electron chi connectivity index (χ0n) is 10.4. The number of benzene rings is 1. The van der Waals surface area contributed by atoms with E-state index in [2.05, 4.69) is 10.3 Å². The maximum atomic E-state index is 5.84. The molecule has 0 atom stereocenters. The summed E-state index contributed by atoms with van der Waals surface area (Å²) in [5.41, 5.74) is 7.84. The molecule has 5 heteroatoms. The molecule has 0 amide bonds. The molecule has 1 fully saturated rings. The van der Waals surface area contributed by atoms with E-state index in [1.54, 1.807) is 7.11 Å². The van der Waals surface area contributed by atoms with Crippen molar-refractivity contribution in [2.24, 2.45) is 0 Å². The summed E-state index contributed by atoms with van der Waals surface area (Å²) in [5, 5.41) is 3.20. The van der Waals surface area contributed by atoms with E-state index in [1.165, 1.54) is 6.42 Å². The van der Waals surface area contributed by atoms with Crippen LogP contribution in [0.2, 0.25) is 0 Å². The van der Waals surface area contributed by atoms with Crippen LogP contribution in [0.1, 0.15) is 19.3 Å². The number of methoxy groups -OCH3 is 1. The van der Waals surface area contributed by atoms with Crippen molar-refractivity contribution in [1.82, 2.24) is 4.98 Å². The molecule has 18 heavy (non-hydrogen) atoms. The Bertz CT molecular complexity index is 555. The average molecular weight is 247 g/mol. The monoisotopic (exact) mass is 247 g/mol. The number of nitrogens with one attached hydrogen (secondary N) is 1. The summed E-state index contributed by atoms with van der Waals surface area (Å²) in [6.07, 6.45) is 3.38. The van der Waals surface area contributed by atoms with Gasteiger partial charge in [-0.3, -0.25) is 0 Å². The second kappa shape index (κ2) is 4.17. The fourth-order valence-electron chi connectivity index (χ4n) is 2.31. The fraction of sp³-hybridized carbons (Fsp3) is 0.462. The van der Waals surface area contributed by atoms with Crippen molar-refractivity contribution in [2.45, 2.75) is 24.9 Å². The zero-order chi connectivity index (χ0) is 12.6. The maximum Gasteiger partial charge on any atom is 0.295 e. The SMILES string of the molecule is COC1(CNc2nc3c(N)cccc3o2)CCC1. The van der Waals surface area contributed by atoms with Crippen molar-refractivity contribution in [3.05, 3.63) is 18.2 Å². The Morgan fingerprint density at radius 1 is 1.50 bits per heavy atom. The third-order valence-corrected chi connectivity index (χ3v) is 3.71. The van der Waals surface area contributed by atoms with Crippen LogP contribution in [0.4, 0.5) is 11.7 Å². The molecule has 2 aromatic rings. The lowest BCUT2D eigenvalue weighted by molar-refractivity contribution is -0.0604. The van der Waals surface area contributed by atoms with Gasteiger partial charge in [-0.2, -0.15) is 4.98 Å². The molecule has 0 unspecified atom stereocenters. The van der Waals surface area contributed by atoms with E-state index in [0.717, 1.165) is 19.4 Å². The van der Waals surface area contributed by atoms with E-state index < -0.39 is 0 Å². The molecule has 1 aliphatic carbocycles. The highest BCUT2D eigenvalue weighted by Gasteiger charge is 2.37. The van der Waals surface area contributed by atoms with Crippen LogP contribution in [0.15, 0.2) is 22.6 Å². The Kier molecular flexibility index (Phi) is 2.63. The number of fused-ring (bicyclic) bond motifs is 1. The summed E-state index contributed by atoms with van der Waals surface area (Å²) in [7, 11) is 1.75. The number of oxazole rings is 1. The number of ether oxygens (including phenoxy) is 1. The minimum absolute atomic E-state index is 0.0494. The number of anilines is 2. The molecule has 5 nitrogen and oxygen atoms in total. The quantitative estimate of drug-likeness (QED) is 0.811. The number of para-hydroxylation sites is 1. The van der Waals surface area contributed by atoms with Crippen LogP contribution in [0, 0.1) is 0 Å². The highest BCUT2D eigenvalue weighted by molar-refractivity contribution is 5.86. The van der Waals surface area contributed by atoms with Gasteiger partial charge in [-0.1, -0.05) is 6.07 Å². The number of hydrogen-bond acceptors (Lipinski definition) is 5. The lowest BCUT2D eigenvalue weighted by Gasteiger charge is -2.40. The molecule has 3 rings (SSSR count). The van der Waals surface area contributed by atoms with Crippen LogP contribution >= 0.6 is 0 Å². The van der Waals surface area contributed by atoms with Gasteiger partial charge >= 0.3 is 0 Å². The number of nitrogens with two attached hydrogens (primary N) is 1. The first-order valence-electron chi connectivity index (χ1n) is 6.16. The minimum Gasteiger partial charge on any atom is -0.423 e. The lowest BCUT2D eigenvalue weighted by Crippen LogP contribution is -2.45. The number of rotatable bonds is 4. The molecular weight excluding hydrogens is 230 g/mol. The van der Waals surface area contributed by atoms with Gasteiger partial charge in [0, 0.05) is 13.7 Å². The Balaban J connectivity index is 1.77. The van der Waals surface area contributed by atoms with Gasteiger partial charge in [-0.05, 0) is 31.4 Å². The third kappa shape index (κ3) is 1.80. The first-order valence-corrected chi connectivity index (χ1v) is 6.16. The Labute approximate surface area is 105 Å². The van der Waals surface area contributed by atoms with Gasteiger partial charge in [0.25, 0.3) is 6.01 Å². The molecule has 0 spiro atoms. The number of nitrogen functional groups attached to an aromatic ring is 1. The summed E-state index contributed by atoms with van der Waals surface area (Å²) < 4.78 is 11.1. The van der Waals surface area contributed by atoms with E-state index >= 15 is 0 Å². The molecule has 1 aliphatic rings. The number of aromatic nitrogens is 1. The normalized spacial score (nSPS) is 17.6. The Morgan fingerprint density at radius 2 is 2.33 bits per heavy atom. The summed E-state index contributed by atoms with van der Waals surface area (Å²) in [4.78, 5) is 4.35. The van der Waals surface area contributed by atoms with Gasteiger partial charge < -0.3 is 20.2 Å². The third-order valence-electron chi connectivity index (χ3n) is 3.71. The van der Waals surface area contributed by atoms with Gasteiger partial charge in [0.1, 0.15) is 5.52 Å². The van der Waals surface area contributed by atoms with Gasteiger partial charge in [0.2, 0.25) is 0 Å². The largest absolute Gasteiger partial charge is 0.423 e. The van der Waals surface area contributed by atoms with Crippen molar-refractivity contribution < 1.29 is 9.15 Å². The van der Waals surface area contributed by atoms with Crippen LogP contribution in [0.25, 0.3) is 11.1 Å². The molecule has 96 valence electrons. The first kappa shape index (κ1) is 11.3. The van der Waals surface area contributed by atoms with Crippen molar-refractivity contribution in [3.63, 3.8) is 0 Å². The molecule has 3 N–H and O–H groups in total. The Hall–Kier alpha value is -1.75. The van der Waals surface area contributed by atoms with E-state index in [4.69, 9.17) is 14.9 Å². The second-order valence-electron chi connectivity index (χ2n) is 4.81. The number of nitrogens with zero attached hydrogens (tertiary/aromatic N) is 1. The molecule has 0 bridgehead atoms.